The second-order valence-electron chi connectivity index (χ2n) is 3.55. The number of fused-ring (bicyclic) bond motifs is 3. The molecule has 0 saturated heterocycles. The van der Waals surface area contributed by atoms with Crippen molar-refractivity contribution in [3.8, 4) is 0 Å². The number of benzene rings is 1. The monoisotopic (exact) mass is 216 g/mol. The van der Waals surface area contributed by atoms with Crippen LogP contribution in [-0.4, -0.2) is 5.75 Å². The van der Waals surface area contributed by atoms with Crippen LogP contribution in [0.5, 0.6) is 0 Å². The Labute approximate surface area is 92.2 Å². The zero-order valence-corrected chi connectivity index (χ0v) is 8.85. The number of rotatable bonds is 0. The van der Waals surface area contributed by atoms with E-state index < -0.39 is 0 Å². The van der Waals surface area contributed by atoms with Gasteiger partial charge in [0.15, 0.2) is 0 Å². The maximum atomic E-state index is 13.2. The third-order valence-corrected chi connectivity index (χ3v) is 3.62. The van der Waals surface area contributed by atoms with Crippen LogP contribution in [0.3, 0.4) is 0 Å². The summed E-state index contributed by atoms with van der Waals surface area (Å²) in [6.07, 6.45) is 8.33. The van der Waals surface area contributed by atoms with Crippen LogP contribution in [0.1, 0.15) is 11.1 Å². The minimum atomic E-state index is -0.166. The van der Waals surface area contributed by atoms with Crippen molar-refractivity contribution >= 4 is 23.4 Å². The second-order valence-corrected chi connectivity index (χ2v) is 4.61. The van der Waals surface area contributed by atoms with Gasteiger partial charge in [-0.25, -0.2) is 4.39 Å². The minimum absolute atomic E-state index is 0.166. The van der Waals surface area contributed by atoms with Crippen LogP contribution in [0.4, 0.5) is 4.39 Å². The van der Waals surface area contributed by atoms with Crippen LogP contribution in [0.2, 0.25) is 0 Å². The summed E-state index contributed by atoms with van der Waals surface area (Å²) in [5.74, 6) is 0.825. The first-order valence-electron chi connectivity index (χ1n) is 4.86. The van der Waals surface area contributed by atoms with E-state index in [1.807, 2.05) is 18.2 Å². The van der Waals surface area contributed by atoms with Gasteiger partial charge in [-0.05, 0) is 34.9 Å². The van der Waals surface area contributed by atoms with Crippen molar-refractivity contribution < 1.29 is 4.39 Å². The molecule has 2 heteroatoms. The van der Waals surface area contributed by atoms with Gasteiger partial charge in [0.05, 0.1) is 0 Å². The molecule has 0 N–H and O–H groups in total. The lowest BCUT2D eigenvalue weighted by Crippen LogP contribution is -1.88. The fourth-order valence-corrected chi connectivity index (χ4v) is 2.87. The number of hydrogen-bond acceptors (Lipinski definition) is 1. The normalized spacial score (nSPS) is 17.7. The van der Waals surface area contributed by atoms with E-state index in [1.165, 1.54) is 16.5 Å². The van der Waals surface area contributed by atoms with E-state index in [-0.39, 0.29) is 5.82 Å². The van der Waals surface area contributed by atoms with Gasteiger partial charge in [-0.1, -0.05) is 24.3 Å². The molecular weight excluding hydrogens is 207 g/mol. The Morgan fingerprint density at radius 3 is 3.13 bits per heavy atom. The van der Waals surface area contributed by atoms with Crippen molar-refractivity contribution in [2.45, 2.75) is 0 Å². The molecule has 3 rings (SSSR count). The lowest BCUT2D eigenvalue weighted by atomic mass is 10.0. The molecule has 1 aliphatic carbocycles. The Kier molecular flexibility index (Phi) is 2.03. The van der Waals surface area contributed by atoms with Gasteiger partial charge >= 0.3 is 0 Å². The largest absolute Gasteiger partial charge is 0.207 e. The van der Waals surface area contributed by atoms with E-state index >= 15 is 0 Å². The third kappa shape index (κ3) is 1.45. The van der Waals surface area contributed by atoms with Crippen LogP contribution in [0.15, 0.2) is 41.3 Å². The molecule has 0 bridgehead atoms. The maximum absolute atomic E-state index is 13.2. The number of hydrogen-bond donors (Lipinski definition) is 0. The summed E-state index contributed by atoms with van der Waals surface area (Å²) in [7, 11) is 0. The Bertz CT molecular complexity index is 509. The standard InChI is InChI=1S/C13H9FS/c14-10-5-4-9-2-1-3-13-11(6-7-15-13)12(9)8-10/h1-6,8H,7H2. The summed E-state index contributed by atoms with van der Waals surface area (Å²) in [6.45, 7) is 0. The molecule has 0 radical (unpaired) electrons. The molecule has 15 heavy (non-hydrogen) atoms. The number of allylic oxidation sites excluding steroid dienone is 3. The smallest absolute Gasteiger partial charge is 0.123 e. The number of thioether (sulfide) groups is 1. The van der Waals surface area contributed by atoms with Crippen molar-refractivity contribution in [3.05, 3.63) is 58.3 Å². The molecule has 0 fully saturated rings. The van der Waals surface area contributed by atoms with Gasteiger partial charge in [-0.15, -0.1) is 11.8 Å². The second kappa shape index (κ2) is 3.38. The average Bonchev–Trinajstić information content (AvgIpc) is 2.62. The summed E-state index contributed by atoms with van der Waals surface area (Å²) in [6, 6.07) is 4.97. The van der Waals surface area contributed by atoms with Gasteiger partial charge in [0.2, 0.25) is 0 Å². The van der Waals surface area contributed by atoms with Crippen LogP contribution in [0, 0.1) is 5.82 Å². The molecule has 1 heterocycles. The van der Waals surface area contributed by atoms with Gasteiger partial charge < -0.3 is 0 Å². The lowest BCUT2D eigenvalue weighted by Gasteiger charge is -2.07. The van der Waals surface area contributed by atoms with Crippen molar-refractivity contribution in [1.82, 2.24) is 0 Å². The SMILES string of the molecule is Fc1ccc2c(c1)C1=CCSC1=CC=C2. The highest BCUT2D eigenvalue weighted by atomic mass is 32.2. The highest BCUT2D eigenvalue weighted by Crippen LogP contribution is 2.41. The zero-order valence-electron chi connectivity index (χ0n) is 8.03. The van der Waals surface area contributed by atoms with Crippen molar-refractivity contribution in [1.29, 1.82) is 0 Å². The molecule has 74 valence electrons. The first-order valence-corrected chi connectivity index (χ1v) is 5.85. The average molecular weight is 216 g/mol. The predicted molar refractivity (Wildman–Crippen MR) is 64.0 cm³/mol. The Balaban J connectivity index is 2.26. The summed E-state index contributed by atoms with van der Waals surface area (Å²) in [4.78, 5) is 1.25. The Morgan fingerprint density at radius 1 is 1.27 bits per heavy atom. The molecular formula is C13H9FS. The first kappa shape index (κ1) is 8.98. The molecule has 1 aliphatic heterocycles. The fraction of sp³-hybridized carbons (Fsp3) is 0.0769. The Morgan fingerprint density at radius 2 is 2.20 bits per heavy atom. The molecule has 0 spiro atoms. The van der Waals surface area contributed by atoms with E-state index in [2.05, 4.69) is 12.2 Å². The van der Waals surface area contributed by atoms with E-state index in [1.54, 1.807) is 17.8 Å². The summed E-state index contributed by atoms with van der Waals surface area (Å²) in [5.41, 5.74) is 3.29. The van der Waals surface area contributed by atoms with Gasteiger partial charge in [-0.3, -0.25) is 0 Å². The fourth-order valence-electron chi connectivity index (χ4n) is 1.92. The van der Waals surface area contributed by atoms with Gasteiger partial charge in [0.1, 0.15) is 5.82 Å². The zero-order chi connectivity index (χ0) is 10.3. The van der Waals surface area contributed by atoms with Crippen molar-refractivity contribution in [2.75, 3.05) is 5.75 Å². The molecule has 1 aromatic carbocycles. The molecule has 0 nitrogen and oxygen atoms in total. The molecule has 0 amide bonds. The Hall–Kier alpha value is -1.28. The van der Waals surface area contributed by atoms with E-state index in [9.17, 15) is 4.39 Å². The maximum Gasteiger partial charge on any atom is 0.123 e. The molecule has 2 aliphatic rings. The first-order chi connectivity index (χ1) is 7.34. The summed E-state index contributed by atoms with van der Waals surface area (Å²) < 4.78 is 13.2. The molecule has 0 unspecified atom stereocenters. The van der Waals surface area contributed by atoms with E-state index in [0.717, 1.165) is 16.9 Å². The van der Waals surface area contributed by atoms with Gasteiger partial charge in [0, 0.05) is 10.7 Å². The predicted octanol–water partition coefficient (Wildman–Crippen LogP) is 3.87. The van der Waals surface area contributed by atoms with Gasteiger partial charge in [0.25, 0.3) is 0 Å². The highest BCUT2D eigenvalue weighted by molar-refractivity contribution is 8.04. The van der Waals surface area contributed by atoms with Crippen LogP contribution < -0.4 is 0 Å². The van der Waals surface area contributed by atoms with Crippen molar-refractivity contribution in [3.63, 3.8) is 0 Å². The number of halogens is 1. The molecule has 1 aromatic rings. The van der Waals surface area contributed by atoms with Crippen LogP contribution in [0.25, 0.3) is 11.6 Å². The quantitative estimate of drug-likeness (QED) is 0.634. The highest BCUT2D eigenvalue weighted by Gasteiger charge is 2.17. The minimum Gasteiger partial charge on any atom is -0.207 e. The molecule has 0 aromatic heterocycles. The summed E-state index contributed by atoms with van der Waals surface area (Å²) in [5, 5.41) is 0. The van der Waals surface area contributed by atoms with E-state index in [0.29, 0.717) is 0 Å². The molecule has 0 saturated carbocycles. The van der Waals surface area contributed by atoms with Gasteiger partial charge in [-0.2, -0.15) is 0 Å². The third-order valence-electron chi connectivity index (χ3n) is 2.62. The molecule has 0 atom stereocenters. The van der Waals surface area contributed by atoms with Crippen LogP contribution >= 0.6 is 11.8 Å². The summed E-state index contributed by atoms with van der Waals surface area (Å²) >= 11 is 1.80. The van der Waals surface area contributed by atoms with Crippen molar-refractivity contribution in [2.24, 2.45) is 0 Å². The topological polar surface area (TPSA) is 0 Å². The lowest BCUT2D eigenvalue weighted by molar-refractivity contribution is 0.627. The van der Waals surface area contributed by atoms with E-state index in [4.69, 9.17) is 0 Å². The van der Waals surface area contributed by atoms with Crippen LogP contribution in [-0.2, 0) is 0 Å².